The largest absolute Gasteiger partial charge is 0.384 e. The van der Waals surface area contributed by atoms with Crippen LogP contribution < -0.4 is 0 Å². The Labute approximate surface area is 120 Å². The number of hydrogen-bond acceptors (Lipinski definition) is 2. The predicted molar refractivity (Wildman–Crippen MR) is 82.0 cm³/mol. The van der Waals surface area contributed by atoms with E-state index in [2.05, 4.69) is 54.1 Å². The first-order valence-corrected chi connectivity index (χ1v) is 6.69. The molecule has 2 nitrogen and oxygen atoms in total. The summed E-state index contributed by atoms with van der Waals surface area (Å²) in [6.07, 6.45) is 0. The van der Waals surface area contributed by atoms with Crippen LogP contribution in [0, 0.1) is 11.8 Å². The fraction of sp³-hybridized carbons (Fsp3) is 0.222. The highest BCUT2D eigenvalue weighted by Gasteiger charge is 2.04. The summed E-state index contributed by atoms with van der Waals surface area (Å²) >= 11 is 0. The molecule has 0 aliphatic rings. The summed E-state index contributed by atoms with van der Waals surface area (Å²) < 4.78 is 0. The Hall–Kier alpha value is -2.08. The fourth-order valence-electron chi connectivity index (χ4n) is 2.16. The molecule has 2 heteroatoms. The minimum atomic E-state index is -0.103. The molecule has 0 unspecified atom stereocenters. The molecular formula is C18H19NO. The second-order valence-corrected chi connectivity index (χ2v) is 4.77. The number of benzene rings is 2. The average molecular weight is 265 g/mol. The summed E-state index contributed by atoms with van der Waals surface area (Å²) in [5, 5.41) is 8.81. The quantitative estimate of drug-likeness (QED) is 0.859. The van der Waals surface area contributed by atoms with Gasteiger partial charge in [-0.1, -0.05) is 60.4 Å². The molecule has 0 saturated heterocycles. The third kappa shape index (κ3) is 4.24. The molecule has 2 aromatic rings. The van der Waals surface area contributed by atoms with Gasteiger partial charge < -0.3 is 5.11 Å². The van der Waals surface area contributed by atoms with Gasteiger partial charge in [0.2, 0.25) is 0 Å². The van der Waals surface area contributed by atoms with Crippen LogP contribution >= 0.6 is 0 Å². The average Bonchev–Trinajstić information content (AvgIpc) is 2.47. The van der Waals surface area contributed by atoms with E-state index in [1.54, 1.807) is 0 Å². The van der Waals surface area contributed by atoms with Gasteiger partial charge in [0.1, 0.15) is 6.61 Å². The molecule has 0 bridgehead atoms. The SMILES string of the molecule is CN(Cc1ccccc1)Cc1ccccc1C#CCO. The Bertz CT molecular complexity index is 596. The molecule has 0 aliphatic heterocycles. The summed E-state index contributed by atoms with van der Waals surface area (Å²) in [4.78, 5) is 2.26. The smallest absolute Gasteiger partial charge is 0.104 e. The molecule has 0 radical (unpaired) electrons. The summed E-state index contributed by atoms with van der Waals surface area (Å²) in [6.45, 7) is 1.64. The number of rotatable bonds is 4. The van der Waals surface area contributed by atoms with Crippen molar-refractivity contribution in [2.45, 2.75) is 13.1 Å². The minimum absolute atomic E-state index is 0.103. The number of aliphatic hydroxyl groups is 1. The van der Waals surface area contributed by atoms with E-state index < -0.39 is 0 Å². The fourth-order valence-corrected chi connectivity index (χ4v) is 2.16. The van der Waals surface area contributed by atoms with Crippen molar-refractivity contribution in [3.05, 3.63) is 71.3 Å². The van der Waals surface area contributed by atoms with E-state index in [-0.39, 0.29) is 6.61 Å². The molecule has 0 aliphatic carbocycles. The highest BCUT2D eigenvalue weighted by atomic mass is 16.2. The van der Waals surface area contributed by atoms with Crippen LogP contribution in [0.1, 0.15) is 16.7 Å². The summed E-state index contributed by atoms with van der Waals surface area (Å²) in [6, 6.07) is 18.5. The van der Waals surface area contributed by atoms with Gasteiger partial charge in [-0.3, -0.25) is 4.90 Å². The van der Waals surface area contributed by atoms with E-state index in [1.807, 2.05) is 24.3 Å². The molecule has 0 aromatic heterocycles. The van der Waals surface area contributed by atoms with E-state index >= 15 is 0 Å². The van der Waals surface area contributed by atoms with Gasteiger partial charge >= 0.3 is 0 Å². The molecule has 0 saturated carbocycles. The minimum Gasteiger partial charge on any atom is -0.384 e. The zero-order valence-corrected chi connectivity index (χ0v) is 11.7. The Morgan fingerprint density at radius 2 is 1.65 bits per heavy atom. The standard InChI is InChI=1S/C18H19NO/c1-19(14-16-8-3-2-4-9-16)15-18-11-6-5-10-17(18)12-7-13-20/h2-6,8-11,20H,13-15H2,1H3. The van der Waals surface area contributed by atoms with Gasteiger partial charge in [-0.25, -0.2) is 0 Å². The van der Waals surface area contributed by atoms with E-state index in [0.717, 1.165) is 18.7 Å². The van der Waals surface area contributed by atoms with E-state index in [0.29, 0.717) is 0 Å². The van der Waals surface area contributed by atoms with Crippen LogP contribution in [-0.2, 0) is 13.1 Å². The second kappa shape index (κ2) is 7.49. The third-order valence-electron chi connectivity index (χ3n) is 3.06. The van der Waals surface area contributed by atoms with Gasteiger partial charge in [0, 0.05) is 18.7 Å². The third-order valence-corrected chi connectivity index (χ3v) is 3.06. The highest BCUT2D eigenvalue weighted by Crippen LogP contribution is 2.12. The number of nitrogens with zero attached hydrogens (tertiary/aromatic N) is 1. The molecule has 2 aromatic carbocycles. The Kier molecular flexibility index (Phi) is 5.37. The molecule has 0 amide bonds. The summed E-state index contributed by atoms with van der Waals surface area (Å²) in [5.74, 6) is 5.72. The molecule has 102 valence electrons. The first kappa shape index (κ1) is 14.3. The number of aliphatic hydroxyl groups excluding tert-OH is 1. The van der Waals surface area contributed by atoms with Crippen LogP contribution in [0.4, 0.5) is 0 Å². The molecule has 20 heavy (non-hydrogen) atoms. The Balaban J connectivity index is 2.06. The van der Waals surface area contributed by atoms with Crippen molar-refractivity contribution in [3.63, 3.8) is 0 Å². The Morgan fingerprint density at radius 1 is 0.950 bits per heavy atom. The van der Waals surface area contributed by atoms with Crippen LogP contribution in [0.2, 0.25) is 0 Å². The van der Waals surface area contributed by atoms with Crippen molar-refractivity contribution >= 4 is 0 Å². The lowest BCUT2D eigenvalue weighted by atomic mass is 10.1. The molecule has 0 atom stereocenters. The van der Waals surface area contributed by atoms with Gasteiger partial charge in [-0.05, 0) is 24.2 Å². The zero-order chi connectivity index (χ0) is 14.2. The lowest BCUT2D eigenvalue weighted by Gasteiger charge is -2.17. The molecule has 0 fully saturated rings. The first-order valence-electron chi connectivity index (χ1n) is 6.69. The monoisotopic (exact) mass is 265 g/mol. The van der Waals surface area contributed by atoms with Crippen LogP contribution in [0.5, 0.6) is 0 Å². The van der Waals surface area contributed by atoms with Crippen molar-refractivity contribution in [1.82, 2.24) is 4.90 Å². The van der Waals surface area contributed by atoms with Crippen LogP contribution in [0.3, 0.4) is 0 Å². The maximum atomic E-state index is 8.81. The topological polar surface area (TPSA) is 23.5 Å². The second-order valence-electron chi connectivity index (χ2n) is 4.77. The van der Waals surface area contributed by atoms with Crippen molar-refractivity contribution in [2.24, 2.45) is 0 Å². The van der Waals surface area contributed by atoms with Gasteiger partial charge in [0.05, 0.1) is 0 Å². The van der Waals surface area contributed by atoms with Crippen molar-refractivity contribution in [3.8, 4) is 11.8 Å². The van der Waals surface area contributed by atoms with E-state index in [1.165, 1.54) is 11.1 Å². The molecule has 0 spiro atoms. The lowest BCUT2D eigenvalue weighted by Crippen LogP contribution is -2.17. The van der Waals surface area contributed by atoms with Crippen molar-refractivity contribution < 1.29 is 5.11 Å². The first-order chi connectivity index (χ1) is 9.79. The van der Waals surface area contributed by atoms with Crippen molar-refractivity contribution in [1.29, 1.82) is 0 Å². The van der Waals surface area contributed by atoms with Gasteiger partial charge in [-0.15, -0.1) is 0 Å². The maximum Gasteiger partial charge on any atom is 0.104 e. The van der Waals surface area contributed by atoms with Crippen molar-refractivity contribution in [2.75, 3.05) is 13.7 Å². The summed E-state index contributed by atoms with van der Waals surface area (Å²) in [7, 11) is 2.10. The maximum absolute atomic E-state index is 8.81. The molecular weight excluding hydrogens is 246 g/mol. The lowest BCUT2D eigenvalue weighted by molar-refractivity contribution is 0.319. The Morgan fingerprint density at radius 3 is 2.40 bits per heavy atom. The zero-order valence-electron chi connectivity index (χ0n) is 11.7. The van der Waals surface area contributed by atoms with Crippen LogP contribution in [-0.4, -0.2) is 23.7 Å². The van der Waals surface area contributed by atoms with E-state index in [9.17, 15) is 0 Å². The van der Waals surface area contributed by atoms with E-state index in [4.69, 9.17) is 5.11 Å². The molecule has 0 heterocycles. The molecule has 2 rings (SSSR count). The summed E-state index contributed by atoms with van der Waals surface area (Å²) in [5.41, 5.74) is 3.47. The van der Waals surface area contributed by atoms with Crippen LogP contribution in [0.25, 0.3) is 0 Å². The van der Waals surface area contributed by atoms with Crippen LogP contribution in [0.15, 0.2) is 54.6 Å². The van der Waals surface area contributed by atoms with Gasteiger partial charge in [0.25, 0.3) is 0 Å². The predicted octanol–water partition coefficient (Wildman–Crippen LogP) is 2.66. The number of hydrogen-bond donors (Lipinski definition) is 1. The van der Waals surface area contributed by atoms with Gasteiger partial charge in [-0.2, -0.15) is 0 Å². The molecule has 1 N–H and O–H groups in total. The normalized spacial score (nSPS) is 10.2. The highest BCUT2D eigenvalue weighted by molar-refractivity contribution is 5.41. The van der Waals surface area contributed by atoms with Gasteiger partial charge in [0.15, 0.2) is 0 Å².